The molecular weight excluding hydrogens is 230 g/mol. The van der Waals surface area contributed by atoms with Crippen LogP contribution < -0.4 is 11.1 Å². The fourth-order valence-electron chi connectivity index (χ4n) is 1.37. The summed E-state index contributed by atoms with van der Waals surface area (Å²) in [5.74, 6) is 0.488. The zero-order valence-corrected chi connectivity index (χ0v) is 10.3. The van der Waals surface area contributed by atoms with Gasteiger partial charge in [-0.1, -0.05) is 6.92 Å². The monoisotopic (exact) mass is 249 g/mol. The molecule has 6 nitrogen and oxygen atoms in total. The summed E-state index contributed by atoms with van der Waals surface area (Å²) >= 11 is 0. The van der Waals surface area contributed by atoms with Crippen molar-refractivity contribution in [2.24, 2.45) is 10.7 Å². The highest BCUT2D eigenvalue weighted by Gasteiger charge is 2.24. The molecule has 94 valence electrons. The average Bonchev–Trinajstić information content (AvgIpc) is 2.22. The fourth-order valence-corrected chi connectivity index (χ4v) is 2.66. The van der Waals surface area contributed by atoms with Gasteiger partial charge in [0.1, 0.15) is 0 Å². The van der Waals surface area contributed by atoms with Crippen molar-refractivity contribution in [1.29, 1.82) is 0 Å². The zero-order chi connectivity index (χ0) is 12.0. The third kappa shape index (κ3) is 4.80. The first kappa shape index (κ1) is 13.2. The van der Waals surface area contributed by atoms with Gasteiger partial charge in [-0.2, -0.15) is 0 Å². The van der Waals surface area contributed by atoms with Gasteiger partial charge in [-0.15, -0.1) is 0 Å². The zero-order valence-electron chi connectivity index (χ0n) is 9.48. The number of hydrogen-bond acceptors (Lipinski definition) is 4. The number of sulfone groups is 1. The van der Waals surface area contributed by atoms with Crippen LogP contribution in [0.4, 0.5) is 0 Å². The van der Waals surface area contributed by atoms with Gasteiger partial charge >= 0.3 is 0 Å². The second kappa shape index (κ2) is 6.05. The Bertz CT molecular complexity index is 340. The second-order valence-electron chi connectivity index (χ2n) is 3.76. The van der Waals surface area contributed by atoms with Gasteiger partial charge in [-0.05, 0) is 6.42 Å². The average molecular weight is 249 g/mol. The van der Waals surface area contributed by atoms with Gasteiger partial charge in [-0.25, -0.2) is 8.42 Å². The first-order valence-corrected chi connectivity index (χ1v) is 7.21. The number of guanidine groups is 1. The molecule has 1 fully saturated rings. The van der Waals surface area contributed by atoms with E-state index in [1.54, 1.807) is 0 Å². The molecule has 0 amide bonds. The lowest BCUT2D eigenvalue weighted by Gasteiger charge is -2.21. The van der Waals surface area contributed by atoms with Crippen molar-refractivity contribution < 1.29 is 13.2 Å². The van der Waals surface area contributed by atoms with E-state index in [2.05, 4.69) is 10.3 Å². The summed E-state index contributed by atoms with van der Waals surface area (Å²) in [6, 6.07) is 0. The van der Waals surface area contributed by atoms with E-state index >= 15 is 0 Å². The largest absolute Gasteiger partial charge is 0.374 e. The molecule has 0 spiro atoms. The number of rotatable bonds is 4. The Morgan fingerprint density at radius 2 is 2.38 bits per heavy atom. The Morgan fingerprint density at radius 3 is 3.00 bits per heavy atom. The molecule has 0 saturated carbocycles. The smallest absolute Gasteiger partial charge is 0.188 e. The molecule has 0 aromatic heterocycles. The Labute approximate surface area is 96.2 Å². The lowest BCUT2D eigenvalue weighted by molar-refractivity contribution is 0.0783. The Balaban J connectivity index is 2.37. The van der Waals surface area contributed by atoms with Crippen molar-refractivity contribution in [3.63, 3.8) is 0 Å². The Kier molecular flexibility index (Phi) is 5.01. The van der Waals surface area contributed by atoms with Gasteiger partial charge in [0.2, 0.25) is 0 Å². The highest BCUT2D eigenvalue weighted by atomic mass is 32.2. The van der Waals surface area contributed by atoms with E-state index in [4.69, 9.17) is 10.5 Å². The van der Waals surface area contributed by atoms with E-state index in [-0.39, 0.29) is 24.2 Å². The highest BCUT2D eigenvalue weighted by molar-refractivity contribution is 7.91. The SMILES string of the molecule is CCCNC(N)=NCC1CS(=O)(=O)CCO1. The van der Waals surface area contributed by atoms with Gasteiger partial charge < -0.3 is 15.8 Å². The predicted octanol–water partition coefficient (Wildman–Crippen LogP) is -0.886. The minimum Gasteiger partial charge on any atom is -0.374 e. The van der Waals surface area contributed by atoms with Gasteiger partial charge in [-0.3, -0.25) is 4.99 Å². The summed E-state index contributed by atoms with van der Waals surface area (Å²) in [6.45, 7) is 3.34. The number of aliphatic imine (C=N–C) groups is 1. The molecular formula is C9H19N3O3S. The molecule has 1 heterocycles. The van der Waals surface area contributed by atoms with Crippen LogP contribution in [0.1, 0.15) is 13.3 Å². The molecule has 0 aromatic carbocycles. The first-order valence-electron chi connectivity index (χ1n) is 5.39. The van der Waals surface area contributed by atoms with Gasteiger partial charge in [0.15, 0.2) is 15.8 Å². The van der Waals surface area contributed by atoms with E-state index in [0.717, 1.165) is 13.0 Å². The van der Waals surface area contributed by atoms with Crippen molar-refractivity contribution in [3.05, 3.63) is 0 Å². The Hall–Kier alpha value is -0.820. The highest BCUT2D eigenvalue weighted by Crippen LogP contribution is 2.07. The van der Waals surface area contributed by atoms with Crippen LogP contribution in [0.3, 0.4) is 0 Å². The van der Waals surface area contributed by atoms with Crippen molar-refractivity contribution >= 4 is 15.8 Å². The van der Waals surface area contributed by atoms with Gasteiger partial charge in [0.25, 0.3) is 0 Å². The summed E-state index contributed by atoms with van der Waals surface area (Å²) in [6.07, 6.45) is 0.602. The molecule has 1 saturated heterocycles. The molecule has 1 aliphatic heterocycles. The quantitative estimate of drug-likeness (QED) is 0.498. The summed E-state index contributed by atoms with van der Waals surface area (Å²) in [5, 5.41) is 2.92. The van der Waals surface area contributed by atoms with Crippen LogP contribution in [0.2, 0.25) is 0 Å². The molecule has 0 aliphatic carbocycles. The van der Waals surface area contributed by atoms with Gasteiger partial charge in [0.05, 0.1) is 30.8 Å². The topological polar surface area (TPSA) is 93.8 Å². The van der Waals surface area contributed by atoms with E-state index in [0.29, 0.717) is 12.5 Å². The Morgan fingerprint density at radius 1 is 1.62 bits per heavy atom. The van der Waals surface area contributed by atoms with Crippen molar-refractivity contribution in [1.82, 2.24) is 5.32 Å². The first-order chi connectivity index (χ1) is 7.53. The third-order valence-corrected chi connectivity index (χ3v) is 3.88. The summed E-state index contributed by atoms with van der Waals surface area (Å²) in [5.41, 5.74) is 5.58. The molecule has 1 unspecified atom stereocenters. The number of nitrogens with two attached hydrogens (primary N) is 1. The van der Waals surface area contributed by atoms with Crippen molar-refractivity contribution in [2.45, 2.75) is 19.4 Å². The van der Waals surface area contributed by atoms with Crippen LogP contribution in [-0.4, -0.2) is 51.7 Å². The van der Waals surface area contributed by atoms with Crippen LogP contribution >= 0.6 is 0 Å². The lowest BCUT2D eigenvalue weighted by Crippen LogP contribution is -2.38. The van der Waals surface area contributed by atoms with E-state index in [9.17, 15) is 8.42 Å². The van der Waals surface area contributed by atoms with E-state index in [1.165, 1.54) is 0 Å². The molecule has 1 rings (SSSR count). The summed E-state index contributed by atoms with van der Waals surface area (Å²) < 4.78 is 27.9. The van der Waals surface area contributed by atoms with Crippen LogP contribution in [0.15, 0.2) is 4.99 Å². The predicted molar refractivity (Wildman–Crippen MR) is 63.2 cm³/mol. The molecule has 0 radical (unpaired) electrons. The number of hydrogen-bond donors (Lipinski definition) is 2. The summed E-state index contributed by atoms with van der Waals surface area (Å²) in [4.78, 5) is 4.04. The van der Waals surface area contributed by atoms with E-state index < -0.39 is 9.84 Å². The molecule has 1 aliphatic rings. The molecule has 3 N–H and O–H groups in total. The standard InChI is InChI=1S/C9H19N3O3S/c1-2-3-11-9(10)12-6-8-7-16(13,14)5-4-15-8/h8H,2-7H2,1H3,(H3,10,11,12). The maximum absolute atomic E-state index is 11.3. The second-order valence-corrected chi connectivity index (χ2v) is 5.99. The third-order valence-electron chi connectivity index (χ3n) is 2.21. The van der Waals surface area contributed by atoms with Crippen molar-refractivity contribution in [2.75, 3.05) is 31.2 Å². The molecule has 0 bridgehead atoms. The minimum atomic E-state index is -2.95. The van der Waals surface area contributed by atoms with Crippen LogP contribution in [-0.2, 0) is 14.6 Å². The molecule has 7 heteroatoms. The maximum Gasteiger partial charge on any atom is 0.188 e. The van der Waals surface area contributed by atoms with Crippen molar-refractivity contribution in [3.8, 4) is 0 Å². The van der Waals surface area contributed by atoms with Crippen LogP contribution in [0.5, 0.6) is 0 Å². The normalized spacial score (nSPS) is 25.3. The summed E-state index contributed by atoms with van der Waals surface area (Å²) in [7, 11) is -2.95. The number of nitrogens with zero attached hydrogens (tertiary/aromatic N) is 1. The molecule has 16 heavy (non-hydrogen) atoms. The number of nitrogens with one attached hydrogen (secondary N) is 1. The molecule has 0 aromatic rings. The fraction of sp³-hybridized carbons (Fsp3) is 0.889. The van der Waals surface area contributed by atoms with Crippen LogP contribution in [0, 0.1) is 0 Å². The van der Waals surface area contributed by atoms with Gasteiger partial charge in [0, 0.05) is 6.54 Å². The number of ether oxygens (including phenoxy) is 1. The molecule has 1 atom stereocenters. The maximum atomic E-state index is 11.3. The van der Waals surface area contributed by atoms with E-state index in [1.807, 2.05) is 6.92 Å². The lowest BCUT2D eigenvalue weighted by atomic mass is 10.4. The minimum absolute atomic E-state index is 0.0392. The van der Waals surface area contributed by atoms with Crippen LogP contribution in [0.25, 0.3) is 0 Å².